The van der Waals surface area contributed by atoms with Crippen LogP contribution in [0.2, 0.25) is 0 Å². The lowest BCUT2D eigenvalue weighted by Gasteiger charge is -2.22. The van der Waals surface area contributed by atoms with Crippen molar-refractivity contribution in [3.8, 4) is 0 Å². The molecule has 1 N–H and O–H groups in total. The summed E-state index contributed by atoms with van der Waals surface area (Å²) in [5.41, 5.74) is 0.247. The van der Waals surface area contributed by atoms with E-state index in [1.807, 2.05) is 20.8 Å². The zero-order valence-electron chi connectivity index (χ0n) is 12.8. The van der Waals surface area contributed by atoms with Crippen molar-refractivity contribution >= 4 is 15.7 Å². The van der Waals surface area contributed by atoms with E-state index in [1.54, 1.807) is 0 Å². The van der Waals surface area contributed by atoms with Gasteiger partial charge in [0.2, 0.25) is 10.0 Å². The monoisotopic (exact) mass is 313 g/mol. The molecule has 2 heterocycles. The molecule has 2 rings (SSSR count). The van der Waals surface area contributed by atoms with Crippen molar-refractivity contribution in [3.05, 3.63) is 18.2 Å². The Balaban J connectivity index is 1.99. The van der Waals surface area contributed by atoms with Crippen molar-refractivity contribution < 1.29 is 13.2 Å². The number of nitrogens with one attached hydrogen (secondary N) is 1. The molecular formula is C14H23N3O3S. The van der Waals surface area contributed by atoms with Crippen molar-refractivity contribution in [2.75, 3.05) is 23.7 Å². The van der Waals surface area contributed by atoms with E-state index in [9.17, 15) is 8.42 Å². The van der Waals surface area contributed by atoms with Crippen LogP contribution in [0.1, 0.15) is 39.4 Å². The van der Waals surface area contributed by atoms with Crippen molar-refractivity contribution in [2.24, 2.45) is 5.92 Å². The standard InChI is InChI=1S/C14H23N3O3S/c1-14(2,3)13-15-7-12(8-16-13)17-21(18,19)10-11-5-4-6-20-9-11/h7-8,11,17H,4-6,9-10H2,1-3H3. The van der Waals surface area contributed by atoms with Crippen LogP contribution in [0.3, 0.4) is 0 Å². The number of nitrogens with zero attached hydrogens (tertiary/aromatic N) is 2. The third kappa shape index (κ3) is 4.93. The van der Waals surface area contributed by atoms with Gasteiger partial charge in [0.1, 0.15) is 5.82 Å². The first-order valence-electron chi connectivity index (χ1n) is 7.17. The average molecular weight is 313 g/mol. The minimum atomic E-state index is -3.39. The highest BCUT2D eigenvalue weighted by Gasteiger charge is 2.22. The van der Waals surface area contributed by atoms with E-state index < -0.39 is 10.0 Å². The van der Waals surface area contributed by atoms with E-state index in [2.05, 4.69) is 14.7 Å². The van der Waals surface area contributed by atoms with Crippen LogP contribution in [0.15, 0.2) is 12.4 Å². The minimum absolute atomic E-state index is 0.0611. The fourth-order valence-electron chi connectivity index (χ4n) is 2.24. The third-order valence-electron chi connectivity index (χ3n) is 3.31. The van der Waals surface area contributed by atoms with Crippen LogP contribution in [0, 0.1) is 5.92 Å². The molecule has 1 saturated heterocycles. The van der Waals surface area contributed by atoms with E-state index in [1.165, 1.54) is 12.4 Å². The molecule has 21 heavy (non-hydrogen) atoms. The summed E-state index contributed by atoms with van der Waals surface area (Å²) in [5, 5.41) is 0. The van der Waals surface area contributed by atoms with Gasteiger partial charge in [-0.1, -0.05) is 20.8 Å². The summed E-state index contributed by atoms with van der Waals surface area (Å²) in [4.78, 5) is 8.44. The van der Waals surface area contributed by atoms with E-state index in [0.29, 0.717) is 18.1 Å². The highest BCUT2D eigenvalue weighted by Crippen LogP contribution is 2.20. The maximum Gasteiger partial charge on any atom is 0.233 e. The highest BCUT2D eigenvalue weighted by molar-refractivity contribution is 7.92. The van der Waals surface area contributed by atoms with Crippen LogP contribution in [0.4, 0.5) is 5.69 Å². The number of rotatable bonds is 4. The van der Waals surface area contributed by atoms with Gasteiger partial charge in [0.15, 0.2) is 0 Å². The molecule has 0 bridgehead atoms. The number of hydrogen-bond donors (Lipinski definition) is 1. The minimum Gasteiger partial charge on any atom is -0.381 e. The van der Waals surface area contributed by atoms with Crippen LogP contribution in [-0.4, -0.2) is 37.4 Å². The second-order valence-corrected chi connectivity index (χ2v) is 8.28. The fourth-order valence-corrected chi connectivity index (χ4v) is 3.67. The van der Waals surface area contributed by atoms with Gasteiger partial charge in [-0.25, -0.2) is 18.4 Å². The smallest absolute Gasteiger partial charge is 0.233 e. The second-order valence-electron chi connectivity index (χ2n) is 6.51. The number of anilines is 1. The van der Waals surface area contributed by atoms with Crippen molar-refractivity contribution in [1.82, 2.24) is 9.97 Å². The van der Waals surface area contributed by atoms with Crippen LogP contribution < -0.4 is 4.72 Å². The number of ether oxygens (including phenoxy) is 1. The van der Waals surface area contributed by atoms with Gasteiger partial charge in [-0.2, -0.15) is 0 Å². The van der Waals surface area contributed by atoms with Gasteiger partial charge in [-0.05, 0) is 18.8 Å². The quantitative estimate of drug-likeness (QED) is 0.918. The molecule has 6 nitrogen and oxygen atoms in total. The Hall–Kier alpha value is -1.21. The molecule has 118 valence electrons. The molecule has 0 spiro atoms. The molecule has 1 aliphatic heterocycles. The molecule has 1 fully saturated rings. The number of aromatic nitrogens is 2. The van der Waals surface area contributed by atoms with E-state index >= 15 is 0 Å². The Morgan fingerprint density at radius 1 is 1.33 bits per heavy atom. The zero-order valence-corrected chi connectivity index (χ0v) is 13.6. The second kappa shape index (κ2) is 6.27. The summed E-state index contributed by atoms with van der Waals surface area (Å²) >= 11 is 0. The summed E-state index contributed by atoms with van der Waals surface area (Å²) in [6.45, 7) is 7.27. The van der Waals surface area contributed by atoms with Crippen molar-refractivity contribution in [2.45, 2.75) is 39.0 Å². The lowest BCUT2D eigenvalue weighted by molar-refractivity contribution is 0.0626. The van der Waals surface area contributed by atoms with E-state index in [-0.39, 0.29) is 17.1 Å². The molecule has 0 aromatic carbocycles. The summed E-state index contributed by atoms with van der Waals surface area (Å²) < 4.78 is 32.1. The lowest BCUT2D eigenvalue weighted by atomic mass is 9.96. The van der Waals surface area contributed by atoms with Crippen LogP contribution in [-0.2, 0) is 20.2 Å². The third-order valence-corrected chi connectivity index (χ3v) is 4.76. The fraction of sp³-hybridized carbons (Fsp3) is 0.714. The predicted molar refractivity (Wildman–Crippen MR) is 81.7 cm³/mol. The average Bonchev–Trinajstić information content (AvgIpc) is 2.38. The largest absolute Gasteiger partial charge is 0.381 e. The maximum atomic E-state index is 12.1. The molecule has 0 saturated carbocycles. The Morgan fingerprint density at radius 2 is 2.00 bits per heavy atom. The van der Waals surface area contributed by atoms with Gasteiger partial charge < -0.3 is 4.74 Å². The molecule has 1 aromatic rings. The van der Waals surface area contributed by atoms with Gasteiger partial charge >= 0.3 is 0 Å². The predicted octanol–water partition coefficient (Wildman–Crippen LogP) is 1.94. The van der Waals surface area contributed by atoms with Crippen molar-refractivity contribution in [1.29, 1.82) is 0 Å². The molecule has 1 unspecified atom stereocenters. The number of hydrogen-bond acceptors (Lipinski definition) is 5. The Morgan fingerprint density at radius 3 is 2.52 bits per heavy atom. The first-order chi connectivity index (χ1) is 9.76. The van der Waals surface area contributed by atoms with Gasteiger partial charge in [0.25, 0.3) is 0 Å². The molecule has 7 heteroatoms. The molecule has 0 aliphatic carbocycles. The van der Waals surface area contributed by atoms with E-state index in [4.69, 9.17) is 4.74 Å². The lowest BCUT2D eigenvalue weighted by Crippen LogP contribution is -2.28. The topological polar surface area (TPSA) is 81.2 Å². The van der Waals surface area contributed by atoms with Crippen molar-refractivity contribution in [3.63, 3.8) is 0 Å². The molecule has 1 atom stereocenters. The molecule has 0 radical (unpaired) electrons. The van der Waals surface area contributed by atoms with Gasteiger partial charge in [-0.3, -0.25) is 4.72 Å². The summed E-state index contributed by atoms with van der Waals surface area (Å²) in [5.74, 6) is 0.825. The summed E-state index contributed by atoms with van der Waals surface area (Å²) in [6.07, 6.45) is 4.84. The van der Waals surface area contributed by atoms with Crippen LogP contribution in [0.25, 0.3) is 0 Å². The van der Waals surface area contributed by atoms with Gasteiger partial charge in [0.05, 0.1) is 30.4 Å². The van der Waals surface area contributed by atoms with Crippen LogP contribution >= 0.6 is 0 Å². The molecular weight excluding hydrogens is 290 g/mol. The SMILES string of the molecule is CC(C)(C)c1ncc(NS(=O)(=O)CC2CCCOC2)cn1. The highest BCUT2D eigenvalue weighted by atomic mass is 32.2. The Bertz CT molecular complexity index is 558. The Labute approximate surface area is 126 Å². The maximum absolute atomic E-state index is 12.1. The zero-order chi connectivity index (χ0) is 15.5. The number of sulfonamides is 1. The van der Waals surface area contributed by atoms with Gasteiger partial charge in [-0.15, -0.1) is 0 Å². The van der Waals surface area contributed by atoms with Crippen LogP contribution in [0.5, 0.6) is 0 Å². The summed E-state index contributed by atoms with van der Waals surface area (Å²) in [7, 11) is -3.39. The van der Waals surface area contributed by atoms with E-state index in [0.717, 1.165) is 19.4 Å². The Kier molecular flexibility index (Phi) is 4.83. The normalized spacial score (nSPS) is 20.2. The molecule has 1 aromatic heterocycles. The molecule has 0 amide bonds. The van der Waals surface area contributed by atoms with Gasteiger partial charge in [0, 0.05) is 12.0 Å². The summed E-state index contributed by atoms with van der Waals surface area (Å²) in [6, 6.07) is 0. The molecule has 1 aliphatic rings. The first-order valence-corrected chi connectivity index (χ1v) is 8.82. The first kappa shape index (κ1) is 16.2.